The third-order valence-electron chi connectivity index (χ3n) is 6.17. The standard InChI is InChI=1S/C22H23F3N4O2/c23-22(24,25)16-3-1-2-14(6-16)10-29-11-17-7-18(12-28(17)13-21(29)30)31-20-9-26-19(8-27-20)15-4-5-15/h1-3,6,8-9,15,17-18H,4-5,7,10-13H2/t17-,18+/m0/s1. The smallest absolute Gasteiger partial charge is 0.416 e. The number of fused-ring (bicyclic) bond motifs is 1. The molecule has 164 valence electrons. The van der Waals surface area contributed by atoms with Crippen LogP contribution in [0.2, 0.25) is 0 Å². The van der Waals surface area contributed by atoms with Crippen LogP contribution in [-0.2, 0) is 17.5 Å². The van der Waals surface area contributed by atoms with Crippen molar-refractivity contribution in [1.29, 1.82) is 0 Å². The van der Waals surface area contributed by atoms with E-state index in [-0.39, 0.29) is 31.1 Å². The molecule has 0 N–H and O–H groups in total. The van der Waals surface area contributed by atoms with E-state index < -0.39 is 11.7 Å². The molecule has 3 aliphatic rings. The number of aromatic nitrogens is 2. The molecule has 5 rings (SSSR count). The van der Waals surface area contributed by atoms with Gasteiger partial charge in [-0.1, -0.05) is 12.1 Å². The molecule has 2 aliphatic heterocycles. The number of rotatable bonds is 5. The predicted molar refractivity (Wildman–Crippen MR) is 105 cm³/mol. The number of carbonyl (C=O) groups excluding carboxylic acids is 1. The largest absolute Gasteiger partial charge is 0.472 e. The van der Waals surface area contributed by atoms with Crippen LogP contribution in [0.3, 0.4) is 0 Å². The molecule has 9 heteroatoms. The zero-order valence-corrected chi connectivity index (χ0v) is 16.9. The Morgan fingerprint density at radius 1 is 1.13 bits per heavy atom. The summed E-state index contributed by atoms with van der Waals surface area (Å²) in [6.45, 7) is 1.52. The molecule has 2 atom stereocenters. The highest BCUT2D eigenvalue weighted by molar-refractivity contribution is 5.79. The van der Waals surface area contributed by atoms with E-state index >= 15 is 0 Å². The highest BCUT2D eigenvalue weighted by Crippen LogP contribution is 2.38. The lowest BCUT2D eigenvalue weighted by Gasteiger charge is -2.36. The Morgan fingerprint density at radius 3 is 2.68 bits per heavy atom. The molecule has 1 aliphatic carbocycles. The van der Waals surface area contributed by atoms with Crippen LogP contribution in [0.5, 0.6) is 5.88 Å². The van der Waals surface area contributed by atoms with Crippen molar-refractivity contribution in [3.8, 4) is 5.88 Å². The van der Waals surface area contributed by atoms with Gasteiger partial charge in [-0.25, -0.2) is 4.98 Å². The van der Waals surface area contributed by atoms with E-state index in [1.165, 1.54) is 18.9 Å². The highest BCUT2D eigenvalue weighted by atomic mass is 19.4. The molecule has 2 saturated heterocycles. The van der Waals surface area contributed by atoms with E-state index in [0.717, 1.165) is 24.2 Å². The van der Waals surface area contributed by atoms with Crippen molar-refractivity contribution < 1.29 is 22.7 Å². The van der Waals surface area contributed by atoms with Crippen molar-refractivity contribution in [3.05, 3.63) is 53.5 Å². The van der Waals surface area contributed by atoms with Crippen molar-refractivity contribution in [2.75, 3.05) is 19.6 Å². The molecule has 0 unspecified atom stereocenters. The SMILES string of the molecule is O=C1CN2C[C@H](Oc3cnc(C4CC4)cn3)C[C@H]2CN1Cc1cccc(C(F)(F)F)c1. The van der Waals surface area contributed by atoms with E-state index in [1.54, 1.807) is 23.4 Å². The van der Waals surface area contributed by atoms with E-state index in [1.807, 2.05) is 0 Å². The number of hydrogen-bond acceptors (Lipinski definition) is 5. The molecule has 0 radical (unpaired) electrons. The van der Waals surface area contributed by atoms with Crippen LogP contribution in [0.1, 0.15) is 42.0 Å². The molecule has 0 bridgehead atoms. The fraction of sp³-hybridized carbons (Fsp3) is 0.500. The highest BCUT2D eigenvalue weighted by Gasteiger charge is 2.40. The lowest BCUT2D eigenvalue weighted by Crippen LogP contribution is -2.53. The number of benzene rings is 1. The molecule has 1 saturated carbocycles. The predicted octanol–water partition coefficient (Wildman–Crippen LogP) is 3.24. The number of alkyl halides is 3. The van der Waals surface area contributed by atoms with Crippen LogP contribution in [0, 0.1) is 0 Å². The minimum Gasteiger partial charge on any atom is -0.472 e. The fourth-order valence-corrected chi connectivity index (χ4v) is 4.40. The average molecular weight is 432 g/mol. The van der Waals surface area contributed by atoms with Crippen LogP contribution >= 0.6 is 0 Å². The Balaban J connectivity index is 1.20. The van der Waals surface area contributed by atoms with Gasteiger partial charge in [0.15, 0.2) is 0 Å². The van der Waals surface area contributed by atoms with E-state index in [2.05, 4.69) is 14.9 Å². The van der Waals surface area contributed by atoms with Crippen molar-refractivity contribution in [2.45, 2.75) is 50.0 Å². The average Bonchev–Trinajstić information content (AvgIpc) is 3.50. The molecule has 0 spiro atoms. The summed E-state index contributed by atoms with van der Waals surface area (Å²) in [5, 5.41) is 0. The van der Waals surface area contributed by atoms with Gasteiger partial charge in [0.25, 0.3) is 0 Å². The first kappa shape index (κ1) is 20.2. The second-order valence-electron chi connectivity index (χ2n) is 8.59. The summed E-state index contributed by atoms with van der Waals surface area (Å²) in [6, 6.07) is 5.28. The molecule has 3 fully saturated rings. The van der Waals surface area contributed by atoms with Crippen molar-refractivity contribution in [2.24, 2.45) is 0 Å². The maximum Gasteiger partial charge on any atom is 0.416 e. The first-order chi connectivity index (χ1) is 14.8. The van der Waals surface area contributed by atoms with Crippen molar-refractivity contribution in [3.63, 3.8) is 0 Å². The summed E-state index contributed by atoms with van der Waals surface area (Å²) < 4.78 is 44.9. The van der Waals surface area contributed by atoms with E-state index in [9.17, 15) is 18.0 Å². The van der Waals surface area contributed by atoms with Crippen molar-refractivity contribution in [1.82, 2.24) is 19.8 Å². The molecule has 3 heterocycles. The summed E-state index contributed by atoms with van der Waals surface area (Å²) in [5.74, 6) is 0.945. The number of carbonyl (C=O) groups is 1. The van der Waals surface area contributed by atoms with Gasteiger partial charge in [0.2, 0.25) is 11.8 Å². The van der Waals surface area contributed by atoms with Crippen LogP contribution < -0.4 is 4.74 Å². The third-order valence-corrected chi connectivity index (χ3v) is 6.17. The molecule has 2 aromatic rings. The topological polar surface area (TPSA) is 58.6 Å². The number of halogens is 3. The van der Waals surface area contributed by atoms with E-state index in [0.29, 0.717) is 30.5 Å². The van der Waals surface area contributed by atoms with E-state index in [4.69, 9.17) is 4.74 Å². The summed E-state index contributed by atoms with van der Waals surface area (Å²) in [4.78, 5) is 25.1. The Labute approximate surface area is 178 Å². The van der Waals surface area contributed by atoms with Gasteiger partial charge in [0.1, 0.15) is 6.10 Å². The fourth-order valence-electron chi connectivity index (χ4n) is 4.40. The van der Waals surface area contributed by atoms with Gasteiger partial charge >= 0.3 is 6.18 Å². The first-order valence-electron chi connectivity index (χ1n) is 10.5. The summed E-state index contributed by atoms with van der Waals surface area (Å²) >= 11 is 0. The van der Waals surface area contributed by atoms with Crippen LogP contribution in [0.15, 0.2) is 36.7 Å². The number of piperazine rings is 1. The third kappa shape index (κ3) is 4.51. The zero-order chi connectivity index (χ0) is 21.6. The second kappa shape index (κ2) is 7.78. The first-order valence-corrected chi connectivity index (χ1v) is 10.5. The molecular formula is C22H23F3N4O2. The van der Waals surface area contributed by atoms with Gasteiger partial charge in [-0.3, -0.25) is 14.7 Å². The second-order valence-corrected chi connectivity index (χ2v) is 8.59. The maximum absolute atomic E-state index is 13.0. The van der Waals surface area contributed by atoms with Crippen molar-refractivity contribution >= 4 is 5.91 Å². The van der Waals surface area contributed by atoms with Crippen LogP contribution in [0.4, 0.5) is 13.2 Å². The Bertz CT molecular complexity index is 962. The Morgan fingerprint density at radius 2 is 1.97 bits per heavy atom. The zero-order valence-electron chi connectivity index (χ0n) is 16.9. The van der Waals surface area contributed by atoms with Gasteiger partial charge < -0.3 is 9.64 Å². The molecule has 1 aromatic carbocycles. The maximum atomic E-state index is 13.0. The molecule has 6 nitrogen and oxygen atoms in total. The number of ether oxygens (including phenoxy) is 1. The molecule has 31 heavy (non-hydrogen) atoms. The van der Waals surface area contributed by atoms with Gasteiger partial charge in [0, 0.05) is 38.0 Å². The quantitative estimate of drug-likeness (QED) is 0.726. The Kier molecular flexibility index (Phi) is 5.08. The minimum absolute atomic E-state index is 0.0807. The van der Waals surface area contributed by atoms with Crippen LogP contribution in [0.25, 0.3) is 0 Å². The molecular weight excluding hydrogens is 409 g/mol. The summed E-state index contributed by atoms with van der Waals surface area (Å²) in [5.41, 5.74) is 0.791. The number of amides is 1. The molecule has 1 aromatic heterocycles. The van der Waals surface area contributed by atoms with Gasteiger partial charge in [-0.05, 0) is 30.5 Å². The van der Waals surface area contributed by atoms with Gasteiger partial charge in [-0.15, -0.1) is 0 Å². The molecule has 1 amide bonds. The monoisotopic (exact) mass is 432 g/mol. The number of nitrogens with zero attached hydrogens (tertiary/aromatic N) is 4. The summed E-state index contributed by atoms with van der Waals surface area (Å²) in [6.07, 6.45) is 2.02. The van der Waals surface area contributed by atoms with Crippen LogP contribution in [-0.4, -0.2) is 57.5 Å². The number of hydrogen-bond donors (Lipinski definition) is 0. The lowest BCUT2D eigenvalue weighted by atomic mass is 10.1. The van der Waals surface area contributed by atoms with Gasteiger partial charge in [-0.2, -0.15) is 13.2 Å². The normalized spacial score (nSPS) is 24.4. The van der Waals surface area contributed by atoms with Gasteiger partial charge in [0.05, 0.1) is 30.2 Å². The summed E-state index contributed by atoms with van der Waals surface area (Å²) in [7, 11) is 0. The minimum atomic E-state index is -4.39. The Hall–Kier alpha value is -2.68. The lowest BCUT2D eigenvalue weighted by molar-refractivity contribution is -0.138.